The molecule has 2 amide bonds. The minimum atomic E-state index is -0.192. The fraction of sp³-hybridized carbons (Fsp3) is 0.500. The second-order valence-electron chi connectivity index (χ2n) is 6.49. The van der Waals surface area contributed by atoms with E-state index in [1.54, 1.807) is 0 Å². The van der Waals surface area contributed by atoms with Gasteiger partial charge < -0.3 is 19.9 Å². The lowest BCUT2D eigenvalue weighted by atomic mass is 10.2. The molecule has 2 aromatic rings. The Labute approximate surface area is 156 Å². The van der Waals surface area contributed by atoms with Crippen LogP contribution in [0.5, 0.6) is 5.75 Å². The Hall–Kier alpha value is -2.50. The van der Waals surface area contributed by atoms with Crippen molar-refractivity contribution in [3.8, 4) is 5.75 Å². The predicted octanol–water partition coefficient (Wildman–Crippen LogP) is 4.20. The molecule has 0 aliphatic rings. The van der Waals surface area contributed by atoms with Gasteiger partial charge in [0.2, 0.25) is 0 Å². The molecule has 142 valence electrons. The van der Waals surface area contributed by atoms with Crippen LogP contribution >= 0.6 is 0 Å². The number of carbonyl (C=O) groups is 1. The number of hydrogen-bond acceptors (Lipinski definition) is 3. The summed E-state index contributed by atoms with van der Waals surface area (Å²) < 4.78 is 8.07. The largest absolute Gasteiger partial charge is 0.491 e. The van der Waals surface area contributed by atoms with Gasteiger partial charge in [0.05, 0.1) is 24.3 Å². The van der Waals surface area contributed by atoms with Crippen LogP contribution in [0, 0.1) is 20.8 Å². The molecule has 6 heteroatoms. The van der Waals surface area contributed by atoms with E-state index in [0.29, 0.717) is 18.9 Å². The summed E-state index contributed by atoms with van der Waals surface area (Å²) in [6.07, 6.45) is 4.75. The Bertz CT molecular complexity index is 725. The number of unbranched alkanes of at least 4 members (excludes halogenated alkanes) is 1. The van der Waals surface area contributed by atoms with Crippen LogP contribution in [0.4, 0.5) is 10.5 Å². The molecule has 0 spiro atoms. The number of aryl methyl sites for hydroxylation is 3. The van der Waals surface area contributed by atoms with Crippen molar-refractivity contribution in [2.24, 2.45) is 0 Å². The van der Waals surface area contributed by atoms with Crippen LogP contribution in [-0.4, -0.2) is 28.7 Å². The molecule has 1 heterocycles. The summed E-state index contributed by atoms with van der Waals surface area (Å²) in [5, 5.41) is 5.79. The zero-order valence-electron chi connectivity index (χ0n) is 16.3. The van der Waals surface area contributed by atoms with Crippen molar-refractivity contribution in [3.63, 3.8) is 0 Å². The van der Waals surface area contributed by atoms with Crippen molar-refractivity contribution in [1.29, 1.82) is 0 Å². The first-order valence-corrected chi connectivity index (χ1v) is 9.28. The van der Waals surface area contributed by atoms with Crippen molar-refractivity contribution in [3.05, 3.63) is 41.5 Å². The van der Waals surface area contributed by atoms with E-state index in [0.717, 1.165) is 42.8 Å². The summed E-state index contributed by atoms with van der Waals surface area (Å²) in [7, 11) is 0. The molecule has 6 nitrogen and oxygen atoms in total. The van der Waals surface area contributed by atoms with Crippen molar-refractivity contribution in [1.82, 2.24) is 14.9 Å². The average molecular weight is 358 g/mol. The number of benzene rings is 1. The van der Waals surface area contributed by atoms with Crippen LogP contribution in [0.25, 0.3) is 0 Å². The third-order valence-electron chi connectivity index (χ3n) is 4.44. The van der Waals surface area contributed by atoms with E-state index in [4.69, 9.17) is 4.74 Å². The molecular weight excluding hydrogens is 328 g/mol. The highest BCUT2D eigenvalue weighted by Crippen LogP contribution is 2.28. The number of para-hydroxylation sites is 1. The summed E-state index contributed by atoms with van der Waals surface area (Å²) in [5.41, 5.74) is 3.96. The SMILES string of the molecule is CCCCNC(=O)Nc1c(C)cccc1OCCCn1cnc(C)c1C. The van der Waals surface area contributed by atoms with Gasteiger partial charge in [0.1, 0.15) is 5.75 Å². The lowest BCUT2D eigenvalue weighted by Crippen LogP contribution is -2.30. The molecule has 0 saturated heterocycles. The number of hydrogen-bond donors (Lipinski definition) is 2. The molecule has 0 saturated carbocycles. The van der Waals surface area contributed by atoms with E-state index in [2.05, 4.69) is 34.0 Å². The summed E-state index contributed by atoms with van der Waals surface area (Å²) in [4.78, 5) is 16.4. The molecule has 0 aliphatic heterocycles. The van der Waals surface area contributed by atoms with E-state index >= 15 is 0 Å². The summed E-state index contributed by atoms with van der Waals surface area (Å²) in [6.45, 7) is 10.3. The van der Waals surface area contributed by atoms with Crippen LogP contribution < -0.4 is 15.4 Å². The number of carbonyl (C=O) groups excluding carboxylic acids is 1. The van der Waals surface area contributed by atoms with Gasteiger partial charge in [-0.05, 0) is 45.2 Å². The highest BCUT2D eigenvalue weighted by Gasteiger charge is 2.10. The van der Waals surface area contributed by atoms with Gasteiger partial charge in [0, 0.05) is 18.8 Å². The highest BCUT2D eigenvalue weighted by atomic mass is 16.5. The minimum absolute atomic E-state index is 0.192. The van der Waals surface area contributed by atoms with E-state index < -0.39 is 0 Å². The van der Waals surface area contributed by atoms with Crippen molar-refractivity contribution < 1.29 is 9.53 Å². The molecule has 0 aliphatic carbocycles. The van der Waals surface area contributed by atoms with E-state index in [-0.39, 0.29) is 6.03 Å². The summed E-state index contributed by atoms with van der Waals surface area (Å²) in [5.74, 6) is 0.703. The zero-order valence-corrected chi connectivity index (χ0v) is 16.3. The van der Waals surface area contributed by atoms with Gasteiger partial charge in [0.25, 0.3) is 0 Å². The van der Waals surface area contributed by atoms with Gasteiger partial charge in [-0.2, -0.15) is 0 Å². The molecule has 0 radical (unpaired) electrons. The molecule has 2 N–H and O–H groups in total. The number of anilines is 1. The number of nitrogens with zero attached hydrogens (tertiary/aromatic N) is 2. The second-order valence-corrected chi connectivity index (χ2v) is 6.49. The maximum atomic E-state index is 12.1. The Morgan fingerprint density at radius 3 is 2.73 bits per heavy atom. The maximum absolute atomic E-state index is 12.1. The van der Waals surface area contributed by atoms with Gasteiger partial charge in [-0.15, -0.1) is 0 Å². The van der Waals surface area contributed by atoms with E-state index in [1.165, 1.54) is 5.69 Å². The Balaban J connectivity index is 1.89. The Morgan fingerprint density at radius 2 is 2.04 bits per heavy atom. The lowest BCUT2D eigenvalue weighted by molar-refractivity contribution is 0.251. The number of aromatic nitrogens is 2. The molecule has 0 atom stereocenters. The number of nitrogens with one attached hydrogen (secondary N) is 2. The molecule has 1 aromatic heterocycles. The van der Waals surface area contributed by atoms with E-state index in [9.17, 15) is 4.79 Å². The summed E-state index contributed by atoms with van der Waals surface area (Å²) in [6, 6.07) is 5.60. The first-order chi connectivity index (χ1) is 12.5. The fourth-order valence-corrected chi connectivity index (χ4v) is 2.64. The molecule has 2 rings (SSSR count). The quantitative estimate of drug-likeness (QED) is 0.660. The fourth-order valence-electron chi connectivity index (χ4n) is 2.64. The lowest BCUT2D eigenvalue weighted by Gasteiger charge is -2.15. The normalized spacial score (nSPS) is 10.6. The Kier molecular flexibility index (Phi) is 7.51. The molecular formula is C20H30N4O2. The first-order valence-electron chi connectivity index (χ1n) is 9.28. The van der Waals surface area contributed by atoms with Crippen molar-refractivity contribution in [2.75, 3.05) is 18.5 Å². The Morgan fingerprint density at radius 1 is 1.23 bits per heavy atom. The highest BCUT2D eigenvalue weighted by molar-refractivity contribution is 5.91. The number of ether oxygens (including phenoxy) is 1. The van der Waals surface area contributed by atoms with Crippen LogP contribution in [0.2, 0.25) is 0 Å². The molecule has 0 bridgehead atoms. The standard InChI is InChI=1S/C20H30N4O2/c1-5-6-11-21-20(25)23-19-15(2)9-7-10-18(19)26-13-8-12-24-14-22-16(3)17(24)4/h7,9-10,14H,5-6,8,11-13H2,1-4H3,(H2,21,23,25). The van der Waals surface area contributed by atoms with Crippen LogP contribution in [0.3, 0.4) is 0 Å². The minimum Gasteiger partial charge on any atom is -0.491 e. The molecule has 0 fully saturated rings. The predicted molar refractivity (Wildman–Crippen MR) is 105 cm³/mol. The number of amides is 2. The summed E-state index contributed by atoms with van der Waals surface area (Å²) >= 11 is 0. The van der Waals surface area contributed by atoms with Gasteiger partial charge >= 0.3 is 6.03 Å². The van der Waals surface area contributed by atoms with Gasteiger partial charge in [-0.1, -0.05) is 25.5 Å². The third kappa shape index (κ3) is 5.51. The number of rotatable bonds is 9. The zero-order chi connectivity index (χ0) is 18.9. The number of imidazole rings is 1. The van der Waals surface area contributed by atoms with Crippen molar-refractivity contribution in [2.45, 2.75) is 53.5 Å². The molecule has 26 heavy (non-hydrogen) atoms. The monoisotopic (exact) mass is 358 g/mol. The number of urea groups is 1. The topological polar surface area (TPSA) is 68.2 Å². The van der Waals surface area contributed by atoms with E-state index in [1.807, 2.05) is 38.4 Å². The van der Waals surface area contributed by atoms with Gasteiger partial charge in [-0.25, -0.2) is 9.78 Å². The van der Waals surface area contributed by atoms with Crippen LogP contribution in [-0.2, 0) is 6.54 Å². The third-order valence-corrected chi connectivity index (χ3v) is 4.44. The van der Waals surface area contributed by atoms with Crippen LogP contribution in [0.1, 0.15) is 43.1 Å². The van der Waals surface area contributed by atoms with Gasteiger partial charge in [-0.3, -0.25) is 0 Å². The van der Waals surface area contributed by atoms with Crippen molar-refractivity contribution >= 4 is 11.7 Å². The average Bonchev–Trinajstić information content (AvgIpc) is 2.93. The maximum Gasteiger partial charge on any atom is 0.319 e. The van der Waals surface area contributed by atoms with Crippen LogP contribution in [0.15, 0.2) is 24.5 Å². The molecule has 0 unspecified atom stereocenters. The second kappa shape index (κ2) is 9.85. The first kappa shape index (κ1) is 19.8. The molecule has 1 aromatic carbocycles. The smallest absolute Gasteiger partial charge is 0.319 e. The van der Waals surface area contributed by atoms with Gasteiger partial charge in [0.15, 0.2) is 0 Å².